The summed E-state index contributed by atoms with van der Waals surface area (Å²) in [6.07, 6.45) is 0.951. The van der Waals surface area contributed by atoms with Crippen LogP contribution >= 0.6 is 0 Å². The Hall–Kier alpha value is -3.52. The first kappa shape index (κ1) is 25.1. The van der Waals surface area contributed by atoms with Crippen molar-refractivity contribution in [3.05, 3.63) is 66.0 Å². The minimum absolute atomic E-state index is 0.0307. The third-order valence-electron chi connectivity index (χ3n) is 7.45. The van der Waals surface area contributed by atoms with E-state index in [-0.39, 0.29) is 23.7 Å². The quantitative estimate of drug-likeness (QED) is 0.471. The van der Waals surface area contributed by atoms with E-state index in [1.165, 1.54) is 12.7 Å². The Morgan fingerprint density at radius 3 is 2.41 bits per heavy atom. The molecule has 3 atom stereocenters. The molecule has 1 aliphatic carbocycles. The lowest BCUT2D eigenvalue weighted by Crippen LogP contribution is -2.49. The summed E-state index contributed by atoms with van der Waals surface area (Å²) in [5.74, 6) is 1.81. The van der Waals surface area contributed by atoms with Crippen molar-refractivity contribution in [3.8, 4) is 0 Å². The van der Waals surface area contributed by atoms with Crippen molar-refractivity contribution >= 4 is 28.6 Å². The second kappa shape index (κ2) is 10.8. The van der Waals surface area contributed by atoms with E-state index in [2.05, 4.69) is 22.3 Å². The highest BCUT2D eigenvalue weighted by atomic mass is 16.5. The van der Waals surface area contributed by atoms with Gasteiger partial charge in [0.05, 0.1) is 19.2 Å². The van der Waals surface area contributed by atoms with Crippen LogP contribution in [0.4, 0.5) is 5.82 Å². The number of methoxy groups -OCH3 is 1. The molecule has 1 aromatic heterocycles. The van der Waals surface area contributed by atoms with Gasteiger partial charge in [-0.3, -0.25) is 9.69 Å². The maximum absolute atomic E-state index is 13.1. The number of fused-ring (bicyclic) bond motifs is 1. The Bertz CT molecular complexity index is 1260. The minimum atomic E-state index is -0.507. The molecule has 3 aromatic rings. The molecule has 37 heavy (non-hydrogen) atoms. The van der Waals surface area contributed by atoms with Gasteiger partial charge in [0, 0.05) is 37.5 Å². The molecule has 5 rings (SSSR count). The normalized spacial score (nSPS) is 20.6. The lowest BCUT2D eigenvalue weighted by molar-refractivity contribution is -0.142. The van der Waals surface area contributed by atoms with Crippen molar-refractivity contribution in [1.82, 2.24) is 19.8 Å². The third-order valence-corrected chi connectivity index (χ3v) is 7.45. The molecule has 2 heterocycles. The van der Waals surface area contributed by atoms with Crippen molar-refractivity contribution in [3.63, 3.8) is 0 Å². The van der Waals surface area contributed by atoms with Gasteiger partial charge in [-0.15, -0.1) is 0 Å². The largest absolute Gasteiger partial charge is 0.467 e. The summed E-state index contributed by atoms with van der Waals surface area (Å²) in [7, 11) is 1.40. The highest BCUT2D eigenvalue weighted by Gasteiger charge is 2.46. The van der Waals surface area contributed by atoms with Gasteiger partial charge in [-0.05, 0) is 36.0 Å². The number of carbonyl (C=O) groups is 2. The molecule has 2 aliphatic rings. The van der Waals surface area contributed by atoms with Gasteiger partial charge < -0.3 is 15.0 Å². The lowest BCUT2D eigenvalue weighted by atomic mass is 10.0. The average Bonchev–Trinajstić information content (AvgIpc) is 3.73. The van der Waals surface area contributed by atoms with E-state index in [1.807, 2.05) is 61.2 Å². The summed E-state index contributed by atoms with van der Waals surface area (Å²) in [6, 6.07) is 17.7. The average molecular weight is 502 g/mol. The van der Waals surface area contributed by atoms with E-state index in [4.69, 9.17) is 14.7 Å². The molecular weight excluding hydrogens is 466 g/mol. The lowest BCUT2D eigenvalue weighted by Gasteiger charge is -2.34. The summed E-state index contributed by atoms with van der Waals surface area (Å²) in [5, 5.41) is 4.18. The Morgan fingerprint density at radius 1 is 1.00 bits per heavy atom. The topological polar surface area (TPSA) is 87.7 Å². The number of hydrogen-bond acceptors (Lipinski definition) is 7. The number of piperazine rings is 1. The molecule has 1 saturated carbocycles. The monoisotopic (exact) mass is 501 g/mol. The summed E-state index contributed by atoms with van der Waals surface area (Å²) >= 11 is 0. The van der Waals surface area contributed by atoms with Gasteiger partial charge in [0.15, 0.2) is 0 Å². The number of carbonyl (C=O) groups excluding carboxylic acids is 2. The number of amides is 1. The predicted molar refractivity (Wildman–Crippen MR) is 143 cm³/mol. The second-order valence-electron chi connectivity index (χ2n) is 10.4. The molecule has 8 nitrogen and oxygen atoms in total. The number of aromatic nitrogens is 2. The first-order chi connectivity index (χ1) is 17.9. The molecule has 0 bridgehead atoms. The van der Waals surface area contributed by atoms with Gasteiger partial charge in [-0.2, -0.15) is 0 Å². The Morgan fingerprint density at radius 2 is 1.70 bits per heavy atom. The molecule has 8 heteroatoms. The zero-order valence-electron chi connectivity index (χ0n) is 21.8. The van der Waals surface area contributed by atoms with Crippen LogP contribution in [0.1, 0.15) is 37.6 Å². The number of benzene rings is 2. The van der Waals surface area contributed by atoms with Crippen LogP contribution in [0.5, 0.6) is 0 Å². The fourth-order valence-electron chi connectivity index (χ4n) is 5.17. The summed E-state index contributed by atoms with van der Waals surface area (Å²) < 4.78 is 5.01. The van der Waals surface area contributed by atoms with Crippen LogP contribution in [-0.2, 0) is 20.9 Å². The summed E-state index contributed by atoms with van der Waals surface area (Å²) in [5.41, 5.74) is 2.10. The molecule has 1 amide bonds. The number of esters is 1. The van der Waals surface area contributed by atoms with Gasteiger partial charge in [-0.1, -0.05) is 56.3 Å². The van der Waals surface area contributed by atoms with E-state index < -0.39 is 6.04 Å². The minimum Gasteiger partial charge on any atom is -0.467 e. The van der Waals surface area contributed by atoms with Crippen LogP contribution in [0.25, 0.3) is 10.9 Å². The number of nitrogens with one attached hydrogen (secondary N) is 1. The molecule has 1 aliphatic heterocycles. The van der Waals surface area contributed by atoms with Crippen LogP contribution in [0, 0.1) is 11.8 Å². The van der Waals surface area contributed by atoms with Gasteiger partial charge in [0.2, 0.25) is 5.91 Å². The molecular formula is C29H35N5O3. The maximum atomic E-state index is 13.1. The number of rotatable bonds is 8. The third kappa shape index (κ3) is 5.59. The zero-order valence-corrected chi connectivity index (χ0v) is 21.8. The van der Waals surface area contributed by atoms with Crippen molar-refractivity contribution in [2.45, 2.75) is 38.8 Å². The van der Waals surface area contributed by atoms with Gasteiger partial charge in [-0.25, -0.2) is 14.8 Å². The SMILES string of the molecule is COC(=O)[C@@H](Nc1nc(CN2CCN(C(=O)[C@@H]3C[C@H]3c3ccccc3)CC2)nc2ccccc12)C(C)C. The predicted octanol–water partition coefficient (Wildman–Crippen LogP) is 3.69. The van der Waals surface area contributed by atoms with E-state index in [0.29, 0.717) is 37.2 Å². The highest BCUT2D eigenvalue weighted by Crippen LogP contribution is 2.48. The molecule has 0 spiro atoms. The molecule has 0 unspecified atom stereocenters. The zero-order chi connectivity index (χ0) is 25.9. The van der Waals surface area contributed by atoms with Crippen LogP contribution in [0.2, 0.25) is 0 Å². The first-order valence-electron chi connectivity index (χ1n) is 13.1. The van der Waals surface area contributed by atoms with Crippen molar-refractivity contribution in [2.24, 2.45) is 11.8 Å². The fraction of sp³-hybridized carbons (Fsp3) is 0.448. The van der Waals surface area contributed by atoms with E-state index in [9.17, 15) is 9.59 Å². The van der Waals surface area contributed by atoms with Crippen LogP contribution in [-0.4, -0.2) is 71.0 Å². The van der Waals surface area contributed by atoms with Crippen LogP contribution in [0.3, 0.4) is 0 Å². The van der Waals surface area contributed by atoms with E-state index >= 15 is 0 Å². The van der Waals surface area contributed by atoms with Crippen LogP contribution < -0.4 is 5.32 Å². The molecule has 194 valence electrons. The summed E-state index contributed by atoms with van der Waals surface area (Å²) in [6.45, 7) is 7.53. The van der Waals surface area contributed by atoms with E-state index in [0.717, 1.165) is 30.4 Å². The molecule has 0 radical (unpaired) electrons. The molecule has 2 fully saturated rings. The number of hydrogen-bond donors (Lipinski definition) is 1. The summed E-state index contributed by atoms with van der Waals surface area (Å²) in [4.78, 5) is 39.4. The maximum Gasteiger partial charge on any atom is 0.328 e. The van der Waals surface area contributed by atoms with Gasteiger partial charge in [0.1, 0.15) is 17.7 Å². The molecule has 2 aromatic carbocycles. The second-order valence-corrected chi connectivity index (χ2v) is 10.4. The van der Waals surface area contributed by atoms with Crippen LogP contribution in [0.15, 0.2) is 54.6 Å². The fourth-order valence-corrected chi connectivity index (χ4v) is 5.17. The number of nitrogens with zero attached hydrogens (tertiary/aromatic N) is 4. The highest BCUT2D eigenvalue weighted by molar-refractivity contribution is 5.91. The van der Waals surface area contributed by atoms with E-state index in [1.54, 1.807) is 0 Å². The first-order valence-corrected chi connectivity index (χ1v) is 13.1. The van der Waals surface area contributed by atoms with Gasteiger partial charge >= 0.3 is 5.97 Å². The van der Waals surface area contributed by atoms with Crippen molar-refractivity contribution in [1.29, 1.82) is 0 Å². The Labute approximate surface area is 218 Å². The Kier molecular flexibility index (Phi) is 7.37. The van der Waals surface area contributed by atoms with Crippen molar-refractivity contribution < 1.29 is 14.3 Å². The van der Waals surface area contributed by atoms with Crippen molar-refractivity contribution in [2.75, 3.05) is 38.6 Å². The smallest absolute Gasteiger partial charge is 0.328 e. The molecule has 1 N–H and O–H groups in total. The van der Waals surface area contributed by atoms with Gasteiger partial charge in [0.25, 0.3) is 0 Å². The number of para-hydroxylation sites is 1. The number of ether oxygens (including phenoxy) is 1. The molecule has 1 saturated heterocycles. The number of anilines is 1. The Balaban J connectivity index is 1.24. The standard InChI is InChI=1S/C29H35N5O3/c1-19(2)26(29(36)37-3)32-27-21-11-7-8-12-24(21)30-25(31-27)18-33-13-15-34(16-14-33)28(35)23-17-22(23)20-9-5-4-6-10-20/h4-12,19,22-23,26H,13-18H2,1-3H3,(H,30,31,32)/t22-,23+,26-/m0/s1.